The third-order valence-electron chi connectivity index (χ3n) is 2.19. The topological polar surface area (TPSA) is 78.0 Å². The maximum atomic E-state index is 11.1. The van der Waals surface area contributed by atoms with Crippen LogP contribution >= 0.6 is 0 Å². The third-order valence-corrected chi connectivity index (χ3v) is 3.05. The molecule has 1 heterocycles. The van der Waals surface area contributed by atoms with Gasteiger partial charge in [0.15, 0.2) is 0 Å². The summed E-state index contributed by atoms with van der Waals surface area (Å²) in [6.07, 6.45) is 2.62. The average Bonchev–Trinajstić information content (AvgIpc) is 2.67. The zero-order valence-corrected chi connectivity index (χ0v) is 9.48. The van der Waals surface area contributed by atoms with Gasteiger partial charge in [-0.1, -0.05) is 17.7 Å². The van der Waals surface area contributed by atoms with Gasteiger partial charge in [-0.15, -0.1) is 0 Å². The van der Waals surface area contributed by atoms with E-state index in [2.05, 4.69) is 5.10 Å². The van der Waals surface area contributed by atoms with Gasteiger partial charge < -0.3 is 0 Å². The van der Waals surface area contributed by atoms with Gasteiger partial charge in [0.25, 0.3) is 0 Å². The lowest BCUT2D eigenvalue weighted by Crippen LogP contribution is -2.11. The standard InChI is InChI=1S/C10H11N3O2S/c1-8-2-4-9(5-3-8)13-7-10(6-12-13)16(11,14)15/h2-7H,1H3,(H2,11,14,15). The molecule has 2 rings (SSSR count). The van der Waals surface area contributed by atoms with E-state index in [4.69, 9.17) is 5.14 Å². The molecule has 2 aromatic rings. The van der Waals surface area contributed by atoms with E-state index < -0.39 is 10.0 Å². The molecule has 1 aromatic heterocycles. The molecule has 2 N–H and O–H groups in total. The Morgan fingerprint density at radius 1 is 1.25 bits per heavy atom. The number of hydrogen-bond donors (Lipinski definition) is 1. The van der Waals surface area contributed by atoms with E-state index in [-0.39, 0.29) is 4.90 Å². The summed E-state index contributed by atoms with van der Waals surface area (Å²) in [4.78, 5) is 0.00748. The largest absolute Gasteiger partial charge is 0.241 e. The van der Waals surface area contributed by atoms with Crippen LogP contribution in [0.4, 0.5) is 0 Å². The highest BCUT2D eigenvalue weighted by atomic mass is 32.2. The fraction of sp³-hybridized carbons (Fsp3) is 0.100. The molecule has 0 fully saturated rings. The predicted octanol–water partition coefficient (Wildman–Crippen LogP) is 0.828. The van der Waals surface area contributed by atoms with Crippen molar-refractivity contribution in [2.24, 2.45) is 5.14 Å². The highest BCUT2D eigenvalue weighted by Crippen LogP contribution is 2.11. The molecule has 0 saturated heterocycles. The summed E-state index contributed by atoms with van der Waals surface area (Å²) in [5, 5.41) is 8.93. The molecule has 84 valence electrons. The van der Waals surface area contributed by atoms with Crippen molar-refractivity contribution in [1.82, 2.24) is 9.78 Å². The monoisotopic (exact) mass is 237 g/mol. The Morgan fingerprint density at radius 2 is 1.88 bits per heavy atom. The molecule has 0 radical (unpaired) electrons. The molecule has 1 aromatic carbocycles. The summed E-state index contributed by atoms with van der Waals surface area (Å²) < 4.78 is 23.6. The zero-order valence-electron chi connectivity index (χ0n) is 8.66. The molecule has 16 heavy (non-hydrogen) atoms. The predicted molar refractivity (Wildman–Crippen MR) is 59.7 cm³/mol. The van der Waals surface area contributed by atoms with Crippen molar-refractivity contribution in [3.8, 4) is 5.69 Å². The Hall–Kier alpha value is -1.66. The van der Waals surface area contributed by atoms with Gasteiger partial charge in [0.1, 0.15) is 4.90 Å². The first-order valence-corrected chi connectivity index (χ1v) is 6.16. The van der Waals surface area contributed by atoms with E-state index in [0.717, 1.165) is 11.3 Å². The van der Waals surface area contributed by atoms with E-state index in [1.807, 2.05) is 31.2 Å². The summed E-state index contributed by atoms with van der Waals surface area (Å²) in [5.41, 5.74) is 1.92. The van der Waals surface area contributed by atoms with Crippen LogP contribution in [-0.2, 0) is 10.0 Å². The van der Waals surface area contributed by atoms with E-state index in [1.165, 1.54) is 17.1 Å². The lowest BCUT2D eigenvalue weighted by atomic mass is 10.2. The number of aryl methyl sites for hydroxylation is 1. The molecular weight excluding hydrogens is 226 g/mol. The first-order chi connectivity index (χ1) is 7.47. The Balaban J connectivity index is 2.43. The van der Waals surface area contributed by atoms with Crippen LogP contribution in [0.15, 0.2) is 41.6 Å². The number of rotatable bonds is 2. The second-order valence-corrected chi connectivity index (χ2v) is 5.06. The van der Waals surface area contributed by atoms with Crippen LogP contribution in [0.5, 0.6) is 0 Å². The smallest absolute Gasteiger partial charge is 0.240 e. The molecule has 6 heteroatoms. The SMILES string of the molecule is Cc1ccc(-n2cc(S(N)(=O)=O)cn2)cc1. The Kier molecular flexibility index (Phi) is 2.53. The van der Waals surface area contributed by atoms with Gasteiger partial charge in [-0.2, -0.15) is 5.10 Å². The van der Waals surface area contributed by atoms with Gasteiger partial charge in [-0.3, -0.25) is 0 Å². The van der Waals surface area contributed by atoms with Crippen molar-refractivity contribution >= 4 is 10.0 Å². The van der Waals surface area contributed by atoms with E-state index >= 15 is 0 Å². The molecule has 0 saturated carbocycles. The van der Waals surface area contributed by atoms with Gasteiger partial charge >= 0.3 is 0 Å². The van der Waals surface area contributed by atoms with Crippen molar-refractivity contribution in [1.29, 1.82) is 0 Å². The highest BCUT2D eigenvalue weighted by Gasteiger charge is 2.10. The number of hydrogen-bond acceptors (Lipinski definition) is 3. The molecule has 0 aliphatic rings. The molecule has 0 aliphatic heterocycles. The number of benzene rings is 1. The van der Waals surface area contributed by atoms with Crippen molar-refractivity contribution in [3.05, 3.63) is 42.2 Å². The summed E-state index contributed by atoms with van der Waals surface area (Å²) >= 11 is 0. The normalized spacial score (nSPS) is 11.6. The van der Waals surface area contributed by atoms with Gasteiger partial charge in [-0.25, -0.2) is 18.2 Å². The fourth-order valence-electron chi connectivity index (χ4n) is 1.29. The lowest BCUT2D eigenvalue weighted by Gasteiger charge is -2.00. The first kappa shape index (κ1) is 10.8. The van der Waals surface area contributed by atoms with Gasteiger partial charge in [0, 0.05) is 0 Å². The number of sulfonamides is 1. The number of aromatic nitrogens is 2. The summed E-state index contributed by atoms with van der Waals surface area (Å²) in [5.74, 6) is 0. The summed E-state index contributed by atoms with van der Waals surface area (Å²) in [7, 11) is -3.68. The van der Waals surface area contributed by atoms with Crippen LogP contribution in [0.2, 0.25) is 0 Å². The zero-order chi connectivity index (χ0) is 11.8. The Labute approximate surface area is 93.6 Å². The second kappa shape index (κ2) is 3.73. The number of primary sulfonamides is 1. The second-order valence-electron chi connectivity index (χ2n) is 3.50. The van der Waals surface area contributed by atoms with Crippen molar-refractivity contribution < 1.29 is 8.42 Å². The maximum Gasteiger partial charge on any atom is 0.241 e. The summed E-state index contributed by atoms with van der Waals surface area (Å²) in [6.45, 7) is 1.97. The quantitative estimate of drug-likeness (QED) is 0.840. The summed E-state index contributed by atoms with van der Waals surface area (Å²) in [6, 6.07) is 7.56. The molecule has 0 amide bonds. The Morgan fingerprint density at radius 3 is 2.38 bits per heavy atom. The van der Waals surface area contributed by atoms with Gasteiger partial charge in [-0.05, 0) is 19.1 Å². The van der Waals surface area contributed by atoms with Crippen molar-refractivity contribution in [2.45, 2.75) is 11.8 Å². The third kappa shape index (κ3) is 2.12. The van der Waals surface area contributed by atoms with Crippen molar-refractivity contribution in [2.75, 3.05) is 0 Å². The molecular formula is C10H11N3O2S. The molecule has 0 atom stereocenters. The minimum absolute atomic E-state index is 0.00748. The van der Waals surface area contributed by atoms with Crippen LogP contribution in [0, 0.1) is 6.92 Å². The average molecular weight is 237 g/mol. The van der Waals surface area contributed by atoms with E-state index in [0.29, 0.717) is 0 Å². The van der Waals surface area contributed by atoms with E-state index in [9.17, 15) is 8.42 Å². The lowest BCUT2D eigenvalue weighted by molar-refractivity contribution is 0.598. The Bertz CT molecular complexity index is 599. The number of nitrogens with two attached hydrogens (primary N) is 1. The number of nitrogens with zero attached hydrogens (tertiary/aromatic N) is 2. The fourth-order valence-corrected chi connectivity index (χ4v) is 1.73. The van der Waals surface area contributed by atoms with Crippen LogP contribution in [-0.4, -0.2) is 18.2 Å². The van der Waals surface area contributed by atoms with E-state index in [1.54, 1.807) is 0 Å². The molecule has 5 nitrogen and oxygen atoms in total. The van der Waals surface area contributed by atoms with Gasteiger partial charge in [0.2, 0.25) is 10.0 Å². The minimum atomic E-state index is -3.68. The van der Waals surface area contributed by atoms with Crippen LogP contribution in [0.3, 0.4) is 0 Å². The highest BCUT2D eigenvalue weighted by molar-refractivity contribution is 7.89. The minimum Gasteiger partial charge on any atom is -0.240 e. The maximum absolute atomic E-state index is 11.1. The first-order valence-electron chi connectivity index (χ1n) is 4.61. The van der Waals surface area contributed by atoms with Crippen LogP contribution < -0.4 is 5.14 Å². The molecule has 0 spiro atoms. The molecule has 0 aliphatic carbocycles. The van der Waals surface area contributed by atoms with Crippen LogP contribution in [0.1, 0.15) is 5.56 Å². The molecule has 0 unspecified atom stereocenters. The van der Waals surface area contributed by atoms with Crippen molar-refractivity contribution in [3.63, 3.8) is 0 Å². The van der Waals surface area contributed by atoms with Crippen LogP contribution in [0.25, 0.3) is 5.69 Å². The molecule has 0 bridgehead atoms. The van der Waals surface area contributed by atoms with Gasteiger partial charge in [0.05, 0.1) is 18.1 Å².